The highest BCUT2D eigenvalue weighted by Gasteiger charge is 2.23. The molecule has 1 fully saturated rings. The van der Waals surface area contributed by atoms with E-state index < -0.39 is 17.5 Å². The van der Waals surface area contributed by atoms with Crippen LogP contribution >= 0.6 is 0 Å². The maximum Gasteiger partial charge on any atom is 0.194 e. The van der Waals surface area contributed by atoms with Gasteiger partial charge in [0.05, 0.1) is 0 Å². The third-order valence-electron chi connectivity index (χ3n) is 6.82. The monoisotopic (exact) mass is 469 g/mol. The van der Waals surface area contributed by atoms with Gasteiger partial charge in [-0.25, -0.2) is 17.6 Å². The first-order valence-corrected chi connectivity index (χ1v) is 13.9. The predicted molar refractivity (Wildman–Crippen MR) is 128 cm³/mol. The summed E-state index contributed by atoms with van der Waals surface area (Å²) < 4.78 is 55.3. The minimum absolute atomic E-state index is 0.144. The van der Waals surface area contributed by atoms with Crippen LogP contribution in [0.3, 0.4) is 0 Å². The van der Waals surface area contributed by atoms with Crippen LogP contribution in [0.4, 0.5) is 17.6 Å². The molecule has 173 valence electrons. The number of aryl methyl sites for hydroxylation is 2. The van der Waals surface area contributed by atoms with Crippen molar-refractivity contribution in [2.75, 3.05) is 0 Å². The highest BCUT2D eigenvalue weighted by molar-refractivity contribution is 6.59. The molecule has 3 aromatic rings. The van der Waals surface area contributed by atoms with Crippen molar-refractivity contribution in [2.24, 2.45) is 0 Å². The smallest absolute Gasteiger partial charge is 0.194 e. The SMILES string of the molecule is CCC[Si]1CCC(c2ccc(-c3ccc(CCc4ccc(F)c(F)c4F)cc3)c(F)c2)CC1. The fraction of sp³-hybridized carbons (Fsp3) is 0.357. The summed E-state index contributed by atoms with van der Waals surface area (Å²) in [6.07, 6.45) is 4.38. The van der Waals surface area contributed by atoms with Crippen molar-refractivity contribution in [1.82, 2.24) is 0 Å². The predicted octanol–water partition coefficient (Wildman–Crippen LogP) is 8.48. The molecule has 0 atom stereocenters. The Morgan fingerprint density at radius 1 is 0.788 bits per heavy atom. The fourth-order valence-electron chi connectivity index (χ4n) is 4.87. The zero-order valence-corrected chi connectivity index (χ0v) is 19.9. The molecule has 4 rings (SSSR count). The van der Waals surface area contributed by atoms with Crippen LogP contribution in [-0.4, -0.2) is 8.80 Å². The lowest BCUT2D eigenvalue weighted by molar-refractivity contribution is 0.441. The third kappa shape index (κ3) is 5.57. The molecule has 1 saturated heterocycles. The van der Waals surface area contributed by atoms with Gasteiger partial charge in [0.1, 0.15) is 5.82 Å². The van der Waals surface area contributed by atoms with Crippen molar-refractivity contribution < 1.29 is 17.6 Å². The van der Waals surface area contributed by atoms with Gasteiger partial charge in [0.15, 0.2) is 17.5 Å². The summed E-state index contributed by atoms with van der Waals surface area (Å²) in [5.74, 6) is -3.47. The van der Waals surface area contributed by atoms with Gasteiger partial charge < -0.3 is 0 Å². The number of hydrogen-bond donors (Lipinski definition) is 0. The Balaban J connectivity index is 1.40. The summed E-state index contributed by atoms with van der Waals surface area (Å²) >= 11 is 0. The molecule has 0 bridgehead atoms. The largest absolute Gasteiger partial charge is 0.206 e. The highest BCUT2D eigenvalue weighted by Crippen LogP contribution is 2.36. The third-order valence-corrected chi connectivity index (χ3v) is 10.0. The first kappa shape index (κ1) is 23.7. The van der Waals surface area contributed by atoms with E-state index in [0.717, 1.165) is 22.8 Å². The normalized spacial score (nSPS) is 15.2. The summed E-state index contributed by atoms with van der Waals surface area (Å²) in [6.45, 7) is 2.26. The minimum atomic E-state index is -1.43. The van der Waals surface area contributed by atoms with Crippen LogP contribution in [0.15, 0.2) is 54.6 Å². The second-order valence-corrected chi connectivity index (χ2v) is 12.0. The number of rotatable bonds is 7. The number of halogens is 4. The minimum Gasteiger partial charge on any atom is -0.206 e. The summed E-state index contributed by atoms with van der Waals surface area (Å²) in [7, 11) is -0.182. The quantitative estimate of drug-likeness (QED) is 0.185. The summed E-state index contributed by atoms with van der Waals surface area (Å²) in [4.78, 5) is 0. The first-order valence-electron chi connectivity index (χ1n) is 11.8. The van der Waals surface area contributed by atoms with Crippen LogP contribution in [-0.2, 0) is 12.8 Å². The second-order valence-electron chi connectivity index (χ2n) is 9.04. The van der Waals surface area contributed by atoms with E-state index in [9.17, 15) is 17.6 Å². The lowest BCUT2D eigenvalue weighted by Gasteiger charge is -2.27. The first-order chi connectivity index (χ1) is 16.0. The van der Waals surface area contributed by atoms with Gasteiger partial charge in [-0.3, -0.25) is 0 Å². The lowest BCUT2D eigenvalue weighted by Crippen LogP contribution is -2.20. The molecule has 0 aromatic heterocycles. The van der Waals surface area contributed by atoms with Gasteiger partial charge in [-0.15, -0.1) is 0 Å². The Morgan fingerprint density at radius 2 is 1.52 bits per heavy atom. The molecule has 0 N–H and O–H groups in total. The molecule has 0 aliphatic carbocycles. The lowest BCUT2D eigenvalue weighted by atomic mass is 9.91. The van der Waals surface area contributed by atoms with Crippen LogP contribution in [0.25, 0.3) is 11.1 Å². The van der Waals surface area contributed by atoms with Crippen LogP contribution in [0.5, 0.6) is 0 Å². The maximum absolute atomic E-state index is 15.0. The molecule has 1 radical (unpaired) electrons. The molecule has 1 aliphatic heterocycles. The average molecular weight is 470 g/mol. The molecule has 0 saturated carbocycles. The van der Waals surface area contributed by atoms with E-state index in [2.05, 4.69) is 13.0 Å². The Morgan fingerprint density at radius 3 is 2.18 bits per heavy atom. The van der Waals surface area contributed by atoms with Gasteiger partial charge in [0.2, 0.25) is 0 Å². The van der Waals surface area contributed by atoms with Crippen LogP contribution in [0.2, 0.25) is 18.1 Å². The fourth-order valence-corrected chi connectivity index (χ4v) is 7.84. The molecule has 33 heavy (non-hydrogen) atoms. The van der Waals surface area contributed by atoms with Gasteiger partial charge in [-0.05, 0) is 66.0 Å². The van der Waals surface area contributed by atoms with E-state index in [-0.39, 0.29) is 26.6 Å². The van der Waals surface area contributed by atoms with E-state index in [0.29, 0.717) is 17.9 Å². The molecule has 0 amide bonds. The molecular formula is C28H29F4Si. The number of benzene rings is 3. The topological polar surface area (TPSA) is 0 Å². The van der Waals surface area contributed by atoms with Gasteiger partial charge in [-0.2, -0.15) is 0 Å². The van der Waals surface area contributed by atoms with Crippen molar-refractivity contribution in [3.63, 3.8) is 0 Å². The highest BCUT2D eigenvalue weighted by atomic mass is 28.3. The van der Waals surface area contributed by atoms with Crippen molar-refractivity contribution in [2.45, 2.75) is 63.1 Å². The summed E-state index contributed by atoms with van der Waals surface area (Å²) in [5, 5.41) is 0. The molecular weight excluding hydrogens is 440 g/mol. The number of hydrogen-bond acceptors (Lipinski definition) is 0. The maximum atomic E-state index is 15.0. The average Bonchev–Trinajstić information content (AvgIpc) is 2.83. The zero-order valence-electron chi connectivity index (χ0n) is 18.9. The second kappa shape index (κ2) is 10.7. The van der Waals surface area contributed by atoms with Crippen molar-refractivity contribution in [3.8, 4) is 11.1 Å². The van der Waals surface area contributed by atoms with Crippen molar-refractivity contribution in [1.29, 1.82) is 0 Å². The van der Waals surface area contributed by atoms with Gasteiger partial charge in [0.25, 0.3) is 0 Å². The van der Waals surface area contributed by atoms with Gasteiger partial charge in [-0.1, -0.05) is 73.9 Å². The van der Waals surface area contributed by atoms with Crippen LogP contribution in [0.1, 0.15) is 48.8 Å². The Kier molecular flexibility index (Phi) is 7.69. The van der Waals surface area contributed by atoms with E-state index in [4.69, 9.17) is 0 Å². The van der Waals surface area contributed by atoms with Gasteiger partial charge >= 0.3 is 0 Å². The molecule has 5 heteroatoms. The molecule has 0 unspecified atom stereocenters. The van der Waals surface area contributed by atoms with E-state index in [1.165, 1.54) is 43.5 Å². The Labute approximate surface area is 195 Å². The molecule has 0 nitrogen and oxygen atoms in total. The van der Waals surface area contributed by atoms with Crippen LogP contribution in [0, 0.1) is 23.3 Å². The van der Waals surface area contributed by atoms with E-state index >= 15 is 0 Å². The Hall–Kier alpha value is -2.40. The van der Waals surface area contributed by atoms with Crippen LogP contribution < -0.4 is 0 Å². The molecule has 1 aliphatic rings. The van der Waals surface area contributed by atoms with Gasteiger partial charge in [0, 0.05) is 14.4 Å². The molecule has 3 aromatic carbocycles. The Bertz CT molecular complexity index is 1090. The summed E-state index contributed by atoms with van der Waals surface area (Å²) in [5.41, 5.74) is 3.54. The van der Waals surface area contributed by atoms with Crippen molar-refractivity contribution in [3.05, 3.63) is 94.6 Å². The summed E-state index contributed by atoms with van der Waals surface area (Å²) in [6, 6.07) is 19.4. The van der Waals surface area contributed by atoms with Crippen molar-refractivity contribution >= 4 is 8.80 Å². The standard InChI is InChI=1S/C28H29F4Si/c1-2-15-33-16-13-20(14-17-33)23-9-11-24(26(30)18-23)21-6-3-19(4-7-21)5-8-22-10-12-25(29)28(32)27(22)31/h3-4,6-7,9-12,18,20H,2,5,8,13-17H2,1H3. The zero-order chi connectivity index (χ0) is 23.4. The van der Waals surface area contributed by atoms with E-state index in [1.807, 2.05) is 30.3 Å². The van der Waals surface area contributed by atoms with E-state index in [1.54, 1.807) is 6.07 Å². The molecule has 0 spiro atoms. The molecule has 1 heterocycles.